The minimum absolute atomic E-state index is 0.0572. The molecule has 0 amide bonds. The van der Waals surface area contributed by atoms with Crippen LogP contribution < -0.4 is 0 Å². The number of fused-ring (bicyclic) bond motifs is 5. The van der Waals surface area contributed by atoms with E-state index >= 15 is 0 Å². The molecule has 0 bridgehead atoms. The molecule has 0 fully saturated rings. The summed E-state index contributed by atoms with van der Waals surface area (Å²) in [5.74, 6) is 0. The minimum Gasteiger partial charge on any atom is -0.456 e. The zero-order chi connectivity index (χ0) is 50.6. The van der Waals surface area contributed by atoms with Crippen LogP contribution in [0.2, 0.25) is 0 Å². The van der Waals surface area contributed by atoms with Crippen molar-refractivity contribution in [2.24, 2.45) is 0 Å². The molecule has 9 rings (SSSR count). The fourth-order valence-corrected chi connectivity index (χ4v) is 5.38. The van der Waals surface area contributed by atoms with E-state index in [1.807, 2.05) is 0 Å². The summed E-state index contributed by atoms with van der Waals surface area (Å²) in [6.45, 7) is 0. The molecular weight excluding hydrogens is 544 g/mol. The lowest BCUT2D eigenvalue weighted by Gasteiger charge is -2.18. The molecule has 45 heavy (non-hydrogen) atoms. The summed E-state index contributed by atoms with van der Waals surface area (Å²) in [6.07, 6.45) is 0. The Morgan fingerprint density at radius 3 is 1.42 bits per heavy atom. The van der Waals surface area contributed by atoms with Gasteiger partial charge in [0.25, 0.3) is 0 Å². The van der Waals surface area contributed by atoms with Crippen molar-refractivity contribution in [3.63, 3.8) is 0 Å². The number of furan rings is 1. The third-order valence-electron chi connectivity index (χ3n) is 7.35. The average molecular weight is 597 g/mol. The van der Waals surface area contributed by atoms with Gasteiger partial charge < -0.3 is 4.42 Å². The summed E-state index contributed by atoms with van der Waals surface area (Å²) in [5, 5.41) is -2.06. The fraction of sp³-hybridized carbons (Fsp3) is 0. The van der Waals surface area contributed by atoms with Gasteiger partial charge in [-0.1, -0.05) is 145 Å². The van der Waals surface area contributed by atoms with Gasteiger partial charge in [-0.15, -0.1) is 0 Å². The molecule has 0 spiro atoms. The molecule has 0 N–H and O–H groups in total. The maximum atomic E-state index is 9.39. The average Bonchev–Trinajstić information content (AvgIpc) is 3.75. The standard InChI is InChI=1S/C44H28O/c1-3-11-29(12-4-1)34-23-25-35-40-27-33(24-26-41(40)45-42(35)28-34)30-19-21-32(22-20-30)44-38-17-9-7-15-36(38)43(31-13-5-2-6-14-31)37-16-8-10-18-39(37)44/h1-28H/i1D,2D,3D,4D,5D,6D,7D,8D,9D,10D,11D,12D,13D,14D,15D,16D,17D,18D,23D,24D,25D,26D,27D,28D. The van der Waals surface area contributed by atoms with Gasteiger partial charge >= 0.3 is 0 Å². The van der Waals surface area contributed by atoms with E-state index < -0.39 is 189 Å². The molecule has 1 heterocycles. The van der Waals surface area contributed by atoms with Crippen molar-refractivity contribution in [1.29, 1.82) is 0 Å². The minimum atomic E-state index is -0.814. The van der Waals surface area contributed by atoms with Gasteiger partial charge in [0, 0.05) is 10.8 Å². The van der Waals surface area contributed by atoms with Crippen LogP contribution in [-0.2, 0) is 0 Å². The first-order chi connectivity index (χ1) is 32.3. The maximum absolute atomic E-state index is 9.39. The number of benzene rings is 8. The lowest BCUT2D eigenvalue weighted by Crippen LogP contribution is -1.90. The molecule has 0 saturated carbocycles. The van der Waals surface area contributed by atoms with Crippen molar-refractivity contribution in [3.8, 4) is 44.5 Å². The molecular formula is C44H28O. The van der Waals surface area contributed by atoms with Crippen molar-refractivity contribution in [2.45, 2.75) is 0 Å². The monoisotopic (exact) mass is 596 g/mol. The zero-order valence-electron chi connectivity index (χ0n) is 46.7. The van der Waals surface area contributed by atoms with Crippen molar-refractivity contribution in [1.82, 2.24) is 0 Å². The molecule has 1 nitrogen and oxygen atoms in total. The number of hydrogen-bond acceptors (Lipinski definition) is 1. The fourth-order valence-electron chi connectivity index (χ4n) is 5.38. The van der Waals surface area contributed by atoms with E-state index in [0.29, 0.717) is 0 Å². The smallest absolute Gasteiger partial charge is 0.136 e. The molecule has 0 radical (unpaired) electrons. The van der Waals surface area contributed by atoms with Crippen LogP contribution in [-0.4, -0.2) is 0 Å². The summed E-state index contributed by atoms with van der Waals surface area (Å²) in [6, 6.07) is -12.1. The van der Waals surface area contributed by atoms with Crippen LogP contribution in [0.5, 0.6) is 0 Å². The molecule has 8 aromatic carbocycles. The van der Waals surface area contributed by atoms with Crippen LogP contribution in [0.25, 0.3) is 88.0 Å². The molecule has 9 aromatic rings. The molecule has 1 heteroatoms. The quantitative estimate of drug-likeness (QED) is 0.184. The summed E-state index contributed by atoms with van der Waals surface area (Å²) in [4.78, 5) is 0. The molecule has 0 unspecified atom stereocenters. The SMILES string of the molecule is [2H]c1c([2H])c([2H])c(-c2c([2H])c([2H])c3c(oc4c([2H])c([2H])c(-c5ccc(-c6c7c([2H])c([2H])c([2H])c([2H])c7c(-c7c([2H])c([2H])c([2H])c([2H])c7[2H])c7c([2H])c([2H])c([2H])c([2H])c67)cc5)c([2H])c43)c2[2H])c([2H])c1[2H]. The van der Waals surface area contributed by atoms with Gasteiger partial charge in [-0.05, 0) is 90.2 Å². The van der Waals surface area contributed by atoms with Gasteiger partial charge in [0.15, 0.2) is 0 Å². The third kappa shape index (κ3) is 4.24. The zero-order valence-corrected chi connectivity index (χ0v) is 22.7. The van der Waals surface area contributed by atoms with Crippen LogP contribution in [0.15, 0.2) is 174 Å². The Kier molecular flexibility index (Phi) is 2.58. The Balaban J connectivity index is 1.35. The Hall–Kier alpha value is -5.92. The Labute approximate surface area is 295 Å². The first-order valence-electron chi connectivity index (χ1n) is 25.5. The van der Waals surface area contributed by atoms with E-state index in [2.05, 4.69) is 0 Å². The molecule has 1 aromatic heterocycles. The second-order valence-electron chi connectivity index (χ2n) is 9.84. The molecule has 210 valence electrons. The molecule has 0 saturated heterocycles. The van der Waals surface area contributed by atoms with Gasteiger partial charge in [0.2, 0.25) is 0 Å². The number of rotatable bonds is 4. The highest BCUT2D eigenvalue weighted by Crippen LogP contribution is 2.44. The predicted molar refractivity (Wildman–Crippen MR) is 190 cm³/mol. The van der Waals surface area contributed by atoms with Gasteiger partial charge in [0.05, 0.1) is 32.9 Å². The van der Waals surface area contributed by atoms with E-state index in [-0.39, 0.29) is 43.8 Å². The van der Waals surface area contributed by atoms with Crippen molar-refractivity contribution in [3.05, 3.63) is 169 Å². The van der Waals surface area contributed by atoms with Gasteiger partial charge in [0.1, 0.15) is 11.2 Å². The molecule has 0 aliphatic carbocycles. The van der Waals surface area contributed by atoms with Crippen molar-refractivity contribution in [2.75, 3.05) is 0 Å². The van der Waals surface area contributed by atoms with Crippen molar-refractivity contribution < 1.29 is 37.3 Å². The van der Waals surface area contributed by atoms with Crippen LogP contribution in [0, 0.1) is 0 Å². The Morgan fingerprint density at radius 2 is 0.800 bits per heavy atom. The topological polar surface area (TPSA) is 13.1 Å². The number of hydrogen-bond donors (Lipinski definition) is 0. The summed E-state index contributed by atoms with van der Waals surface area (Å²) in [7, 11) is 0. The lowest BCUT2D eigenvalue weighted by atomic mass is 9.86. The maximum Gasteiger partial charge on any atom is 0.136 e. The summed E-state index contributed by atoms with van der Waals surface area (Å²) in [5.41, 5.74) is -3.24. The van der Waals surface area contributed by atoms with E-state index in [9.17, 15) is 4.11 Å². The first-order valence-corrected chi connectivity index (χ1v) is 13.5. The highest BCUT2D eigenvalue weighted by molar-refractivity contribution is 6.21. The molecule has 0 aliphatic heterocycles. The van der Waals surface area contributed by atoms with E-state index in [1.165, 1.54) is 24.3 Å². The van der Waals surface area contributed by atoms with E-state index in [1.54, 1.807) is 0 Å². The van der Waals surface area contributed by atoms with Crippen LogP contribution in [0.3, 0.4) is 0 Å². The molecule has 0 atom stereocenters. The van der Waals surface area contributed by atoms with E-state index in [0.717, 1.165) is 0 Å². The highest BCUT2D eigenvalue weighted by Gasteiger charge is 2.16. The van der Waals surface area contributed by atoms with Gasteiger partial charge in [-0.3, -0.25) is 0 Å². The predicted octanol–water partition coefficient (Wildman–Crippen LogP) is 12.6. The summed E-state index contributed by atoms with van der Waals surface area (Å²) < 4.78 is 216. The molecule has 0 aliphatic rings. The van der Waals surface area contributed by atoms with Gasteiger partial charge in [-0.2, -0.15) is 0 Å². The Bertz CT molecular complexity index is 3740. The summed E-state index contributed by atoms with van der Waals surface area (Å²) >= 11 is 0. The normalized spacial score (nSPS) is 19.0. The third-order valence-corrected chi connectivity index (χ3v) is 7.35. The van der Waals surface area contributed by atoms with Crippen LogP contribution in [0.4, 0.5) is 0 Å². The van der Waals surface area contributed by atoms with Crippen molar-refractivity contribution >= 4 is 43.5 Å². The van der Waals surface area contributed by atoms with Gasteiger partial charge in [-0.25, -0.2) is 0 Å². The highest BCUT2D eigenvalue weighted by atomic mass is 16.3. The first kappa shape index (κ1) is 11.2. The Morgan fingerprint density at radius 1 is 0.311 bits per heavy atom. The van der Waals surface area contributed by atoms with Crippen LogP contribution >= 0.6 is 0 Å². The second kappa shape index (κ2) is 10.4. The largest absolute Gasteiger partial charge is 0.456 e. The second-order valence-corrected chi connectivity index (χ2v) is 9.84. The van der Waals surface area contributed by atoms with E-state index in [4.69, 9.17) is 33.2 Å². The van der Waals surface area contributed by atoms with Crippen LogP contribution in [0.1, 0.15) is 32.9 Å². The lowest BCUT2D eigenvalue weighted by molar-refractivity contribution is 0.669.